The van der Waals surface area contributed by atoms with Crippen LogP contribution in [0.4, 0.5) is 0 Å². The summed E-state index contributed by atoms with van der Waals surface area (Å²) in [6, 6.07) is 85.9. The average molecular weight is 807 g/mol. The van der Waals surface area contributed by atoms with E-state index in [1.165, 1.54) is 143 Å². The summed E-state index contributed by atoms with van der Waals surface area (Å²) in [7, 11) is 0. The van der Waals surface area contributed by atoms with Gasteiger partial charge in [-0.05, 0) is 161 Å². The third-order valence-corrected chi connectivity index (χ3v) is 14.1. The van der Waals surface area contributed by atoms with Crippen LogP contribution in [0.1, 0.15) is 0 Å². The molecule has 0 heteroatoms. The third kappa shape index (κ3) is 4.94. The molecular formula is C64H38. The Hall–Kier alpha value is -8.32. The van der Waals surface area contributed by atoms with Crippen LogP contribution in [-0.4, -0.2) is 0 Å². The van der Waals surface area contributed by atoms with E-state index < -0.39 is 0 Å². The molecule has 0 aromatic heterocycles. The van der Waals surface area contributed by atoms with Crippen LogP contribution in [0, 0.1) is 0 Å². The third-order valence-electron chi connectivity index (χ3n) is 14.1. The zero-order valence-electron chi connectivity index (χ0n) is 34.9. The molecule has 0 radical (unpaired) electrons. The molecule has 14 rings (SSSR count). The fourth-order valence-corrected chi connectivity index (χ4v) is 11.5. The van der Waals surface area contributed by atoms with Crippen molar-refractivity contribution in [3.8, 4) is 100 Å². The van der Waals surface area contributed by atoms with Crippen LogP contribution in [0.5, 0.6) is 0 Å². The second kappa shape index (κ2) is 13.6. The highest BCUT2D eigenvalue weighted by Crippen LogP contribution is 2.64. The minimum Gasteiger partial charge on any atom is -0.0622 e. The first-order chi connectivity index (χ1) is 31.8. The number of rotatable bonds is 5. The van der Waals surface area contributed by atoms with Gasteiger partial charge >= 0.3 is 0 Å². The Balaban J connectivity index is 1.15. The SMILES string of the molecule is c1ccc(-c2cccc(-c3c4c(c(-c5ccccc5)c5ccccc35)-c3ccc5c6c(ccc-4c36)-c3c-5c(-c4ccccc4)c4cc5ccccc5cc4c3-c3ccccc3)c2)cc1. The highest BCUT2D eigenvalue weighted by atomic mass is 14.4. The van der Waals surface area contributed by atoms with Crippen LogP contribution >= 0.6 is 0 Å². The second-order valence-electron chi connectivity index (χ2n) is 17.4. The zero-order valence-corrected chi connectivity index (χ0v) is 34.9. The Morgan fingerprint density at radius 2 is 0.484 bits per heavy atom. The van der Waals surface area contributed by atoms with Crippen LogP contribution in [-0.2, 0) is 0 Å². The molecule has 0 amide bonds. The van der Waals surface area contributed by atoms with Crippen molar-refractivity contribution < 1.29 is 0 Å². The summed E-state index contributed by atoms with van der Waals surface area (Å²) in [4.78, 5) is 0. The average Bonchev–Trinajstić information content (AvgIpc) is 3.87. The molecule has 0 bridgehead atoms. The molecule has 0 N–H and O–H groups in total. The van der Waals surface area contributed by atoms with E-state index in [1.807, 2.05) is 0 Å². The summed E-state index contributed by atoms with van der Waals surface area (Å²) in [5.41, 5.74) is 23.1. The lowest BCUT2D eigenvalue weighted by Gasteiger charge is -2.22. The second-order valence-corrected chi connectivity index (χ2v) is 17.4. The molecule has 12 aromatic rings. The molecule has 294 valence electrons. The molecule has 0 unspecified atom stereocenters. The highest BCUT2D eigenvalue weighted by molar-refractivity contribution is 6.35. The van der Waals surface area contributed by atoms with Gasteiger partial charge in [-0.25, -0.2) is 0 Å². The first-order valence-electron chi connectivity index (χ1n) is 22.3. The van der Waals surface area contributed by atoms with E-state index in [0.29, 0.717) is 0 Å². The molecule has 0 saturated carbocycles. The minimum absolute atomic E-state index is 1.22. The number of benzene rings is 12. The van der Waals surface area contributed by atoms with E-state index >= 15 is 0 Å². The summed E-state index contributed by atoms with van der Waals surface area (Å²) < 4.78 is 0. The van der Waals surface area contributed by atoms with E-state index in [4.69, 9.17) is 0 Å². The van der Waals surface area contributed by atoms with Gasteiger partial charge in [0.2, 0.25) is 0 Å². The smallest absolute Gasteiger partial charge is 0.000740 e. The Kier molecular flexibility index (Phi) is 7.49. The highest BCUT2D eigenvalue weighted by Gasteiger charge is 2.37. The Labute approximate surface area is 372 Å². The van der Waals surface area contributed by atoms with Gasteiger partial charge < -0.3 is 0 Å². The van der Waals surface area contributed by atoms with Gasteiger partial charge in [0.05, 0.1) is 0 Å². The molecule has 64 heavy (non-hydrogen) atoms. The van der Waals surface area contributed by atoms with E-state index in [9.17, 15) is 0 Å². The Morgan fingerprint density at radius 1 is 0.172 bits per heavy atom. The van der Waals surface area contributed by atoms with Crippen molar-refractivity contribution in [3.63, 3.8) is 0 Å². The van der Waals surface area contributed by atoms with Gasteiger partial charge in [-0.15, -0.1) is 0 Å². The van der Waals surface area contributed by atoms with Gasteiger partial charge in [-0.1, -0.05) is 212 Å². The number of hydrogen-bond acceptors (Lipinski definition) is 0. The van der Waals surface area contributed by atoms with Crippen LogP contribution < -0.4 is 0 Å². The summed E-state index contributed by atoms with van der Waals surface area (Å²) in [6.07, 6.45) is 0. The fraction of sp³-hybridized carbons (Fsp3) is 0. The lowest BCUT2D eigenvalue weighted by Crippen LogP contribution is -1.94. The van der Waals surface area contributed by atoms with Crippen molar-refractivity contribution in [2.75, 3.05) is 0 Å². The van der Waals surface area contributed by atoms with Crippen molar-refractivity contribution in [2.45, 2.75) is 0 Å². The summed E-state index contributed by atoms with van der Waals surface area (Å²) in [5.74, 6) is 0. The molecule has 0 spiro atoms. The van der Waals surface area contributed by atoms with Gasteiger partial charge in [0.1, 0.15) is 0 Å². The molecule has 0 aliphatic heterocycles. The fourth-order valence-electron chi connectivity index (χ4n) is 11.5. The van der Waals surface area contributed by atoms with Crippen molar-refractivity contribution >= 4 is 43.1 Å². The molecular weight excluding hydrogens is 769 g/mol. The lowest BCUT2D eigenvalue weighted by molar-refractivity contribution is 1.59. The molecule has 0 heterocycles. The maximum Gasteiger partial charge on any atom is -0.000740 e. The van der Waals surface area contributed by atoms with E-state index in [1.54, 1.807) is 0 Å². The van der Waals surface area contributed by atoms with Gasteiger partial charge in [0.15, 0.2) is 0 Å². The number of fused-ring (bicyclic) bond motifs is 9. The normalized spacial score (nSPS) is 12.1. The molecule has 0 fully saturated rings. The van der Waals surface area contributed by atoms with Crippen LogP contribution in [0.2, 0.25) is 0 Å². The van der Waals surface area contributed by atoms with Crippen molar-refractivity contribution in [1.29, 1.82) is 0 Å². The van der Waals surface area contributed by atoms with Crippen LogP contribution in [0.3, 0.4) is 0 Å². The van der Waals surface area contributed by atoms with E-state index in [-0.39, 0.29) is 0 Å². The van der Waals surface area contributed by atoms with Gasteiger partial charge in [0.25, 0.3) is 0 Å². The minimum atomic E-state index is 1.22. The van der Waals surface area contributed by atoms with E-state index in [0.717, 1.165) is 0 Å². The molecule has 2 aliphatic carbocycles. The molecule has 12 aromatic carbocycles. The van der Waals surface area contributed by atoms with Gasteiger partial charge in [-0.2, -0.15) is 0 Å². The lowest BCUT2D eigenvalue weighted by atomic mass is 9.81. The summed E-state index contributed by atoms with van der Waals surface area (Å²) in [5, 5.41) is 10.3. The molecule has 2 aliphatic rings. The molecule has 0 nitrogen and oxygen atoms in total. The number of hydrogen-bond donors (Lipinski definition) is 0. The summed E-state index contributed by atoms with van der Waals surface area (Å²) in [6.45, 7) is 0. The maximum absolute atomic E-state index is 2.46. The van der Waals surface area contributed by atoms with Crippen LogP contribution in [0.15, 0.2) is 231 Å². The van der Waals surface area contributed by atoms with E-state index in [2.05, 4.69) is 231 Å². The quantitative estimate of drug-likeness (QED) is 0.152. The van der Waals surface area contributed by atoms with Gasteiger partial charge in [-0.3, -0.25) is 0 Å². The molecule has 0 saturated heterocycles. The topological polar surface area (TPSA) is 0 Å². The zero-order chi connectivity index (χ0) is 41.9. The van der Waals surface area contributed by atoms with Crippen molar-refractivity contribution in [1.82, 2.24) is 0 Å². The first kappa shape index (κ1) is 35.3. The van der Waals surface area contributed by atoms with Crippen LogP contribution in [0.25, 0.3) is 143 Å². The monoisotopic (exact) mass is 806 g/mol. The first-order valence-corrected chi connectivity index (χ1v) is 22.3. The van der Waals surface area contributed by atoms with Gasteiger partial charge in [0, 0.05) is 0 Å². The molecule has 0 atom stereocenters. The predicted molar refractivity (Wildman–Crippen MR) is 273 cm³/mol. The largest absolute Gasteiger partial charge is 0.0622 e. The van der Waals surface area contributed by atoms with Crippen molar-refractivity contribution in [3.05, 3.63) is 231 Å². The Bertz CT molecular complexity index is 3790. The summed E-state index contributed by atoms with van der Waals surface area (Å²) >= 11 is 0. The standard InChI is InChI=1S/C64H38/c1-5-18-39(19-6-1)43-28-17-29-46(36-43)58-48-31-16-15-30-47(48)55(40-20-7-2-8-21-40)61-49-32-33-50-60-51(34-35-52(59(49)60)64(58)61)63-57(42-24-11-4-12-25-42)54-38-45-27-14-13-26-44(45)37-53(54)56(62(50)63)41-22-9-3-10-23-41/h1-38H. The predicted octanol–water partition coefficient (Wildman–Crippen LogP) is 17.9. The van der Waals surface area contributed by atoms with Crippen molar-refractivity contribution in [2.24, 2.45) is 0 Å². The maximum atomic E-state index is 2.46. The Morgan fingerprint density at radius 3 is 0.906 bits per heavy atom.